The van der Waals surface area contributed by atoms with E-state index in [1.54, 1.807) is 30.3 Å². The molecule has 6 heteroatoms. The number of carbonyl (C=O) groups is 2. The molecule has 0 aliphatic heterocycles. The van der Waals surface area contributed by atoms with E-state index in [1.807, 2.05) is 0 Å². The standard InChI is InChI=1S/C19H18O6/c1-24-14-5-6-15(17(21)11-14)16(20)7-3-12-4-8-18(25-2)13(9-12)10-19(22)23/h3-9,11,21H,10H2,1-2H3,(H,22,23). The molecule has 0 aromatic heterocycles. The number of hydrogen-bond acceptors (Lipinski definition) is 5. The highest BCUT2D eigenvalue weighted by Gasteiger charge is 2.10. The first-order chi connectivity index (χ1) is 11.9. The van der Waals surface area contributed by atoms with Crippen molar-refractivity contribution in [3.8, 4) is 17.2 Å². The van der Waals surface area contributed by atoms with Crippen molar-refractivity contribution in [3.05, 3.63) is 59.2 Å². The lowest BCUT2D eigenvalue weighted by molar-refractivity contribution is -0.136. The third-order valence-corrected chi connectivity index (χ3v) is 3.54. The van der Waals surface area contributed by atoms with Gasteiger partial charge in [0.2, 0.25) is 0 Å². The van der Waals surface area contributed by atoms with E-state index >= 15 is 0 Å². The highest BCUT2D eigenvalue weighted by Crippen LogP contribution is 2.25. The Balaban J connectivity index is 2.23. The van der Waals surface area contributed by atoms with Crippen LogP contribution in [0, 0.1) is 0 Å². The second-order valence-corrected chi connectivity index (χ2v) is 5.22. The fourth-order valence-corrected chi connectivity index (χ4v) is 2.31. The normalized spacial score (nSPS) is 10.6. The maximum Gasteiger partial charge on any atom is 0.307 e. The number of allylic oxidation sites excluding steroid dienone is 1. The summed E-state index contributed by atoms with van der Waals surface area (Å²) in [6, 6.07) is 9.42. The first kappa shape index (κ1) is 18.1. The third-order valence-electron chi connectivity index (χ3n) is 3.54. The van der Waals surface area contributed by atoms with Gasteiger partial charge in [0.25, 0.3) is 0 Å². The van der Waals surface area contributed by atoms with Crippen LogP contribution in [-0.4, -0.2) is 36.2 Å². The Morgan fingerprint density at radius 1 is 1.08 bits per heavy atom. The second-order valence-electron chi connectivity index (χ2n) is 5.22. The lowest BCUT2D eigenvalue weighted by Gasteiger charge is -2.07. The molecule has 0 saturated carbocycles. The van der Waals surface area contributed by atoms with Gasteiger partial charge in [-0.25, -0.2) is 0 Å². The van der Waals surface area contributed by atoms with E-state index < -0.39 is 5.97 Å². The van der Waals surface area contributed by atoms with Gasteiger partial charge in [-0.3, -0.25) is 9.59 Å². The first-order valence-corrected chi connectivity index (χ1v) is 7.42. The number of carbonyl (C=O) groups excluding carboxylic acids is 1. The van der Waals surface area contributed by atoms with Crippen LogP contribution in [0.4, 0.5) is 0 Å². The van der Waals surface area contributed by atoms with Crippen molar-refractivity contribution in [2.75, 3.05) is 14.2 Å². The zero-order valence-corrected chi connectivity index (χ0v) is 13.9. The molecule has 0 saturated heterocycles. The van der Waals surface area contributed by atoms with Gasteiger partial charge < -0.3 is 19.7 Å². The molecular formula is C19H18O6. The molecule has 0 atom stereocenters. The topological polar surface area (TPSA) is 93.1 Å². The largest absolute Gasteiger partial charge is 0.507 e. The lowest BCUT2D eigenvalue weighted by Crippen LogP contribution is -2.02. The van der Waals surface area contributed by atoms with Crippen molar-refractivity contribution in [1.29, 1.82) is 0 Å². The van der Waals surface area contributed by atoms with Crippen molar-refractivity contribution >= 4 is 17.8 Å². The zero-order valence-electron chi connectivity index (χ0n) is 13.9. The lowest BCUT2D eigenvalue weighted by atomic mass is 10.0. The number of ether oxygens (including phenoxy) is 2. The average molecular weight is 342 g/mol. The molecule has 0 radical (unpaired) electrons. The average Bonchev–Trinajstić information content (AvgIpc) is 2.59. The second kappa shape index (κ2) is 8.01. The molecule has 2 N–H and O–H groups in total. The van der Waals surface area contributed by atoms with Crippen LogP contribution in [-0.2, 0) is 11.2 Å². The number of methoxy groups -OCH3 is 2. The van der Waals surface area contributed by atoms with Gasteiger partial charge >= 0.3 is 5.97 Å². The van der Waals surface area contributed by atoms with E-state index in [1.165, 1.54) is 32.4 Å². The number of benzene rings is 2. The van der Waals surface area contributed by atoms with Gasteiger partial charge in [-0.2, -0.15) is 0 Å². The Morgan fingerprint density at radius 3 is 2.44 bits per heavy atom. The summed E-state index contributed by atoms with van der Waals surface area (Å²) >= 11 is 0. The third kappa shape index (κ3) is 4.60. The molecule has 0 fully saturated rings. The summed E-state index contributed by atoms with van der Waals surface area (Å²) in [6.45, 7) is 0. The highest BCUT2D eigenvalue weighted by atomic mass is 16.5. The van der Waals surface area contributed by atoms with Gasteiger partial charge in [0.1, 0.15) is 17.2 Å². The van der Waals surface area contributed by atoms with Crippen LogP contribution >= 0.6 is 0 Å². The van der Waals surface area contributed by atoms with E-state index in [0.717, 1.165) is 0 Å². The smallest absolute Gasteiger partial charge is 0.307 e. The number of carboxylic acid groups (broad SMARTS) is 1. The Hall–Kier alpha value is -3.28. The number of phenolic OH excluding ortho intramolecular Hbond substituents is 1. The first-order valence-electron chi connectivity index (χ1n) is 7.42. The molecule has 0 heterocycles. The van der Waals surface area contributed by atoms with Crippen LogP contribution in [0.3, 0.4) is 0 Å². The molecule has 0 amide bonds. The fourth-order valence-electron chi connectivity index (χ4n) is 2.31. The van der Waals surface area contributed by atoms with Crippen molar-refractivity contribution in [1.82, 2.24) is 0 Å². The number of ketones is 1. The molecule has 0 spiro atoms. The number of phenols is 1. The number of hydrogen-bond donors (Lipinski definition) is 2. The van der Waals surface area contributed by atoms with Crippen LogP contribution in [0.25, 0.3) is 6.08 Å². The molecular weight excluding hydrogens is 324 g/mol. The maximum absolute atomic E-state index is 12.2. The monoisotopic (exact) mass is 342 g/mol. The van der Waals surface area contributed by atoms with Crippen LogP contribution in [0.1, 0.15) is 21.5 Å². The van der Waals surface area contributed by atoms with Gasteiger partial charge in [0.15, 0.2) is 5.78 Å². The summed E-state index contributed by atoms with van der Waals surface area (Å²) in [7, 11) is 2.93. The summed E-state index contributed by atoms with van der Waals surface area (Å²) < 4.78 is 10.1. The maximum atomic E-state index is 12.2. The summed E-state index contributed by atoms with van der Waals surface area (Å²) in [5.41, 5.74) is 1.31. The zero-order chi connectivity index (χ0) is 18.4. The summed E-state index contributed by atoms with van der Waals surface area (Å²) in [5.74, 6) is -0.602. The quantitative estimate of drug-likeness (QED) is 0.594. The number of aromatic hydroxyl groups is 1. The number of rotatable bonds is 7. The highest BCUT2D eigenvalue weighted by molar-refractivity contribution is 6.08. The fraction of sp³-hybridized carbons (Fsp3) is 0.158. The Morgan fingerprint density at radius 2 is 1.84 bits per heavy atom. The van der Waals surface area contributed by atoms with Crippen molar-refractivity contribution in [3.63, 3.8) is 0 Å². The predicted molar refractivity (Wildman–Crippen MR) is 92.4 cm³/mol. The summed E-state index contributed by atoms with van der Waals surface area (Å²) in [6.07, 6.45) is 2.68. The van der Waals surface area contributed by atoms with Crippen LogP contribution in [0.15, 0.2) is 42.5 Å². The Kier molecular flexibility index (Phi) is 5.79. The molecule has 2 aromatic carbocycles. The Bertz CT molecular complexity index is 823. The minimum Gasteiger partial charge on any atom is -0.507 e. The molecule has 0 aliphatic rings. The van der Waals surface area contributed by atoms with Crippen LogP contribution < -0.4 is 9.47 Å². The molecule has 130 valence electrons. The van der Waals surface area contributed by atoms with Crippen molar-refractivity contribution < 1.29 is 29.3 Å². The predicted octanol–water partition coefficient (Wildman–Crippen LogP) is 2.93. The SMILES string of the molecule is COc1ccc(C(=O)C=Cc2ccc(OC)c(CC(=O)O)c2)c(O)c1. The minimum atomic E-state index is -0.973. The Labute approximate surface area is 144 Å². The van der Waals surface area contributed by atoms with E-state index in [-0.39, 0.29) is 23.5 Å². The van der Waals surface area contributed by atoms with E-state index in [4.69, 9.17) is 14.6 Å². The van der Waals surface area contributed by atoms with E-state index in [2.05, 4.69) is 0 Å². The molecule has 0 unspecified atom stereocenters. The van der Waals surface area contributed by atoms with E-state index in [0.29, 0.717) is 22.6 Å². The van der Waals surface area contributed by atoms with Crippen LogP contribution in [0.2, 0.25) is 0 Å². The summed E-state index contributed by atoms with van der Waals surface area (Å²) in [4.78, 5) is 23.1. The molecule has 25 heavy (non-hydrogen) atoms. The van der Waals surface area contributed by atoms with Crippen molar-refractivity contribution in [2.24, 2.45) is 0 Å². The van der Waals surface area contributed by atoms with Gasteiger partial charge in [0.05, 0.1) is 26.2 Å². The minimum absolute atomic E-state index is 0.149. The number of carboxylic acids is 1. The van der Waals surface area contributed by atoms with Gasteiger partial charge in [-0.05, 0) is 35.9 Å². The van der Waals surface area contributed by atoms with Gasteiger partial charge in [-0.15, -0.1) is 0 Å². The molecule has 0 aliphatic carbocycles. The molecule has 0 bridgehead atoms. The molecule has 2 rings (SSSR count). The van der Waals surface area contributed by atoms with Gasteiger partial charge in [-0.1, -0.05) is 12.1 Å². The van der Waals surface area contributed by atoms with Crippen molar-refractivity contribution in [2.45, 2.75) is 6.42 Å². The molecule has 6 nitrogen and oxygen atoms in total. The number of aliphatic carboxylic acids is 1. The molecule has 2 aromatic rings. The van der Waals surface area contributed by atoms with Crippen LogP contribution in [0.5, 0.6) is 17.2 Å². The summed E-state index contributed by atoms with van der Waals surface area (Å²) in [5, 5.41) is 18.8. The van der Waals surface area contributed by atoms with Gasteiger partial charge in [0, 0.05) is 11.6 Å². The van der Waals surface area contributed by atoms with E-state index in [9.17, 15) is 14.7 Å².